The van der Waals surface area contributed by atoms with E-state index in [4.69, 9.17) is 9.47 Å². The lowest BCUT2D eigenvalue weighted by atomic mass is 9.69. The summed E-state index contributed by atoms with van der Waals surface area (Å²) in [5, 5.41) is 0. The summed E-state index contributed by atoms with van der Waals surface area (Å²) in [5.41, 5.74) is 1.38. The first-order valence-electron chi connectivity index (χ1n) is 8.41. The molecule has 2 aliphatic carbocycles. The summed E-state index contributed by atoms with van der Waals surface area (Å²) in [5.74, 6) is 2.43. The normalized spacial score (nSPS) is 33.5. The Bertz CT molecular complexity index is 533. The van der Waals surface area contributed by atoms with Crippen molar-refractivity contribution in [3.05, 3.63) is 29.8 Å². The van der Waals surface area contributed by atoms with Gasteiger partial charge < -0.3 is 13.8 Å². The van der Waals surface area contributed by atoms with E-state index in [-0.39, 0.29) is 0 Å². The molecule has 22 heavy (non-hydrogen) atoms. The van der Waals surface area contributed by atoms with Crippen molar-refractivity contribution >= 4 is 31.4 Å². The van der Waals surface area contributed by atoms with Gasteiger partial charge in [-0.05, 0) is 24.8 Å². The Kier molecular flexibility index (Phi) is 4.72. The van der Waals surface area contributed by atoms with Crippen LogP contribution in [0.1, 0.15) is 37.3 Å². The third kappa shape index (κ3) is 3.08. The van der Waals surface area contributed by atoms with E-state index in [1.807, 2.05) is 7.11 Å². The fraction of sp³-hybridized carbons (Fsp3) is 0.647. The molecule has 0 saturated heterocycles. The minimum atomic E-state index is -0.853. The van der Waals surface area contributed by atoms with Gasteiger partial charge >= 0.3 is 11.1 Å². The first kappa shape index (κ1) is 15.7. The van der Waals surface area contributed by atoms with Gasteiger partial charge in [0.2, 0.25) is 0 Å². The Balaban J connectivity index is 1.54. The maximum Gasteiger partial charge on any atom is 0.464 e. The summed E-state index contributed by atoms with van der Waals surface area (Å²) < 4.78 is 16.6. The standard InChI is InChI=1S/C14H18NO2.C3H5.Al.HI/c1-16-10-6-9(7-10)12-8-17-13-5-3-2-4-11(13)14(12)15;1-2-3-1;;/h2-5,9-10,12,14-15H,6-8H2,1H3;1H,2-3H2;;1H/q-1;;+2;/p-1. The fourth-order valence-corrected chi connectivity index (χ4v) is 8.99. The first-order chi connectivity index (χ1) is 10.8. The minimum Gasteiger partial charge on any atom is -0.493 e. The zero-order valence-electron chi connectivity index (χ0n) is 13.0. The zero-order chi connectivity index (χ0) is 15.1. The van der Waals surface area contributed by atoms with Crippen LogP contribution < -0.4 is 9.04 Å². The number of para-hydroxylation sites is 1. The Hall–Kier alpha value is 0.202. The average molecular weight is 427 g/mol. The highest BCUT2D eigenvalue weighted by molar-refractivity contribution is 14.1. The Morgan fingerprint density at radius 2 is 2.05 bits per heavy atom. The molecule has 0 bridgehead atoms. The van der Waals surface area contributed by atoms with E-state index in [1.54, 1.807) is 0 Å². The molecule has 3 aliphatic rings. The van der Waals surface area contributed by atoms with Gasteiger partial charge in [0, 0.05) is 24.6 Å². The van der Waals surface area contributed by atoms with Crippen molar-refractivity contribution in [1.29, 1.82) is 0 Å². The smallest absolute Gasteiger partial charge is 0.464 e. The van der Waals surface area contributed by atoms with Crippen molar-refractivity contribution in [3.63, 3.8) is 0 Å². The molecule has 1 aliphatic heterocycles. The van der Waals surface area contributed by atoms with Crippen molar-refractivity contribution in [2.24, 2.45) is 11.8 Å². The molecule has 2 unspecified atom stereocenters. The summed E-state index contributed by atoms with van der Waals surface area (Å²) in [6.07, 6.45) is 5.75. The zero-order valence-corrected chi connectivity index (χ0v) is 16.3. The second-order valence-electron chi connectivity index (χ2n) is 6.99. The number of hydrogen-bond acceptors (Lipinski definition) is 3. The van der Waals surface area contributed by atoms with E-state index in [1.165, 1.54) is 31.2 Å². The molecule has 0 radical (unpaired) electrons. The molecular weight excluding hydrogens is 404 g/mol. The third-order valence-electron chi connectivity index (χ3n) is 5.56. The minimum absolute atomic E-state index is 0.471. The maximum atomic E-state index is 6.08. The average Bonchev–Trinajstić information content (AvgIpc) is 3.32. The predicted molar refractivity (Wildman–Crippen MR) is 97.6 cm³/mol. The Morgan fingerprint density at radius 3 is 2.77 bits per heavy atom. The van der Waals surface area contributed by atoms with Crippen LogP contribution in [0.4, 0.5) is 0 Å². The molecule has 2 fully saturated rings. The highest BCUT2D eigenvalue weighted by atomic mass is 127. The number of halogens is 1. The highest BCUT2D eigenvalue weighted by Crippen LogP contribution is 2.48. The van der Waals surface area contributed by atoms with Gasteiger partial charge in [0.25, 0.3) is 0 Å². The molecule has 5 heteroatoms. The molecule has 3 nitrogen and oxygen atoms in total. The van der Waals surface area contributed by atoms with Gasteiger partial charge in [-0.25, -0.2) is 0 Å². The molecule has 1 heterocycles. The van der Waals surface area contributed by atoms with Gasteiger partial charge in [0.05, 0.1) is 12.7 Å². The number of methoxy groups -OCH3 is 1. The molecule has 1 aromatic carbocycles. The SMILES string of the molecule is COC1CC(C2COc3ccccc3C2[NH][Al]([I])[CH]2CC2)C1. The summed E-state index contributed by atoms with van der Waals surface area (Å²) in [6.45, 7) is 0.859. The third-order valence-corrected chi connectivity index (χ3v) is 11.9. The molecule has 1 N–H and O–H groups in total. The molecule has 0 aromatic heterocycles. The van der Waals surface area contributed by atoms with E-state index in [0.717, 1.165) is 23.1 Å². The van der Waals surface area contributed by atoms with Crippen molar-refractivity contribution in [3.8, 4) is 5.75 Å². The quantitative estimate of drug-likeness (QED) is 0.573. The lowest BCUT2D eigenvalue weighted by Crippen LogP contribution is -2.48. The van der Waals surface area contributed by atoms with Gasteiger partial charge in [-0.3, -0.25) is 0 Å². The van der Waals surface area contributed by atoms with Crippen molar-refractivity contribution in [2.45, 2.75) is 42.6 Å². The molecule has 118 valence electrons. The largest absolute Gasteiger partial charge is 0.493 e. The summed E-state index contributed by atoms with van der Waals surface area (Å²) >= 11 is 1.88. The summed E-state index contributed by atoms with van der Waals surface area (Å²) in [7, 11) is 1.84. The van der Waals surface area contributed by atoms with Crippen LogP contribution >= 0.6 is 20.3 Å². The topological polar surface area (TPSA) is 30.5 Å². The molecular formula is C17H23AlINO2. The molecule has 0 spiro atoms. The Morgan fingerprint density at radius 1 is 1.27 bits per heavy atom. The van der Waals surface area contributed by atoms with Gasteiger partial charge in [0.15, 0.2) is 0 Å². The predicted octanol–water partition coefficient (Wildman–Crippen LogP) is 3.84. The van der Waals surface area contributed by atoms with E-state index in [0.29, 0.717) is 18.1 Å². The molecule has 2 saturated carbocycles. The molecule has 0 amide bonds. The highest BCUT2D eigenvalue weighted by Gasteiger charge is 2.45. The van der Waals surface area contributed by atoms with E-state index in [2.05, 4.69) is 48.8 Å². The van der Waals surface area contributed by atoms with Crippen molar-refractivity contribution < 1.29 is 9.47 Å². The second kappa shape index (κ2) is 6.60. The van der Waals surface area contributed by atoms with Crippen LogP contribution in [0.25, 0.3) is 0 Å². The fourth-order valence-electron chi connectivity index (χ4n) is 3.85. The number of rotatable bonds is 5. The van der Waals surface area contributed by atoms with Crippen LogP contribution in [0.5, 0.6) is 5.75 Å². The lowest BCUT2D eigenvalue weighted by molar-refractivity contribution is -0.0385. The monoisotopic (exact) mass is 427 g/mol. The second-order valence-corrected chi connectivity index (χ2v) is 13.1. The number of fused-ring (bicyclic) bond motifs is 1. The van der Waals surface area contributed by atoms with Crippen LogP contribution in [0, 0.1) is 11.8 Å². The van der Waals surface area contributed by atoms with Crippen LogP contribution in [0.15, 0.2) is 24.3 Å². The van der Waals surface area contributed by atoms with E-state index >= 15 is 0 Å². The number of benzene rings is 1. The van der Waals surface area contributed by atoms with Crippen LogP contribution in [0.2, 0.25) is 4.78 Å². The lowest BCUT2D eigenvalue weighted by Gasteiger charge is -2.45. The van der Waals surface area contributed by atoms with E-state index < -0.39 is 11.1 Å². The van der Waals surface area contributed by atoms with Gasteiger partial charge in [-0.15, -0.1) is 0 Å². The molecule has 4 rings (SSSR count). The maximum absolute atomic E-state index is 6.08. The van der Waals surface area contributed by atoms with Crippen LogP contribution in [-0.2, 0) is 4.74 Å². The summed E-state index contributed by atoms with van der Waals surface area (Å²) in [6, 6.07) is 9.11. The number of hydrogen-bond donors (Lipinski definition) is 1. The molecule has 1 aromatic rings. The number of ether oxygens (including phenoxy) is 2. The van der Waals surface area contributed by atoms with Gasteiger partial charge in [0.1, 0.15) is 5.75 Å². The van der Waals surface area contributed by atoms with Crippen molar-refractivity contribution in [2.75, 3.05) is 13.7 Å². The van der Waals surface area contributed by atoms with Crippen molar-refractivity contribution in [1.82, 2.24) is 4.30 Å². The van der Waals surface area contributed by atoms with Gasteiger partial charge in [-0.2, -0.15) is 20.3 Å². The van der Waals surface area contributed by atoms with Crippen LogP contribution in [0.3, 0.4) is 0 Å². The van der Waals surface area contributed by atoms with Crippen LogP contribution in [-0.4, -0.2) is 30.9 Å². The first-order valence-corrected chi connectivity index (χ1v) is 13.8. The molecule has 2 atom stereocenters. The Labute approximate surface area is 148 Å². The summed E-state index contributed by atoms with van der Waals surface area (Å²) in [4.78, 5) is 0. The van der Waals surface area contributed by atoms with Gasteiger partial charge in [-0.1, -0.05) is 35.8 Å². The van der Waals surface area contributed by atoms with E-state index in [9.17, 15) is 0 Å². The number of nitrogens with one attached hydrogen (secondary N) is 1.